The van der Waals surface area contributed by atoms with Gasteiger partial charge in [0.1, 0.15) is 11.4 Å². The highest BCUT2D eigenvalue weighted by Crippen LogP contribution is 2.27. The van der Waals surface area contributed by atoms with Gasteiger partial charge >= 0.3 is 0 Å². The maximum Gasteiger partial charge on any atom is 0.138 e. The molecule has 1 atom stereocenters. The molecule has 1 fully saturated rings. The molecule has 0 spiro atoms. The Kier molecular flexibility index (Phi) is 3.84. The molecule has 3 N–H and O–H groups in total. The molecule has 17 heavy (non-hydrogen) atoms. The van der Waals surface area contributed by atoms with Crippen molar-refractivity contribution in [1.82, 2.24) is 5.32 Å². The molecule has 0 amide bonds. The Bertz CT molecular complexity index is 362. The summed E-state index contributed by atoms with van der Waals surface area (Å²) in [6.45, 7) is 1.87. The lowest BCUT2D eigenvalue weighted by molar-refractivity contribution is 0.160. The van der Waals surface area contributed by atoms with Gasteiger partial charge in [0.25, 0.3) is 0 Å². The molecule has 1 aromatic carbocycles. The number of hydrogen-bond acceptors (Lipinski definition) is 3. The monoisotopic (exact) mass is 238 g/mol. The number of phenolic OH excluding ortho intramolecular Hbond substituents is 1. The van der Waals surface area contributed by atoms with Crippen molar-refractivity contribution in [2.45, 2.75) is 24.9 Å². The summed E-state index contributed by atoms with van der Waals surface area (Å²) in [5.41, 5.74) is -0.576. The predicted molar refractivity (Wildman–Crippen MR) is 67.2 cm³/mol. The number of halogens is 1. The van der Waals surface area contributed by atoms with E-state index in [4.69, 9.17) is 0 Å². The normalized spacial score (nSPS) is 25.2. The van der Waals surface area contributed by atoms with Crippen molar-refractivity contribution >= 4 is 5.69 Å². The Balaban J connectivity index is 1.94. The van der Waals surface area contributed by atoms with E-state index in [1.54, 1.807) is 18.2 Å². The summed E-state index contributed by atoms with van der Waals surface area (Å²) in [5.74, 6) is 0.169. The van der Waals surface area contributed by atoms with E-state index in [2.05, 4.69) is 10.6 Å². The van der Waals surface area contributed by atoms with Crippen LogP contribution >= 0.6 is 0 Å². The molecule has 2 rings (SSSR count). The number of alkyl halides is 1. The molecule has 0 aromatic heterocycles. The molecule has 1 saturated heterocycles. The molecule has 0 radical (unpaired) electrons. The number of rotatable bonds is 3. The fourth-order valence-corrected chi connectivity index (χ4v) is 2.15. The van der Waals surface area contributed by atoms with Gasteiger partial charge in [-0.15, -0.1) is 0 Å². The Morgan fingerprint density at radius 3 is 2.94 bits per heavy atom. The van der Waals surface area contributed by atoms with Gasteiger partial charge < -0.3 is 15.7 Å². The summed E-state index contributed by atoms with van der Waals surface area (Å²) >= 11 is 0. The van der Waals surface area contributed by atoms with E-state index in [1.807, 2.05) is 6.07 Å². The molecule has 94 valence electrons. The average molecular weight is 238 g/mol. The van der Waals surface area contributed by atoms with Gasteiger partial charge in [-0.25, -0.2) is 4.39 Å². The van der Waals surface area contributed by atoms with E-state index in [-0.39, 0.29) is 12.3 Å². The summed E-state index contributed by atoms with van der Waals surface area (Å²) in [5, 5.41) is 15.8. The Labute approximate surface area is 101 Å². The number of anilines is 1. The maximum atomic E-state index is 14.5. The summed E-state index contributed by atoms with van der Waals surface area (Å²) in [4.78, 5) is 0. The topological polar surface area (TPSA) is 44.3 Å². The Hall–Kier alpha value is -1.29. The van der Waals surface area contributed by atoms with Crippen molar-refractivity contribution in [3.63, 3.8) is 0 Å². The third-order valence-corrected chi connectivity index (χ3v) is 3.23. The number of phenols is 1. The smallest absolute Gasteiger partial charge is 0.138 e. The molecule has 0 saturated carbocycles. The van der Waals surface area contributed by atoms with Crippen LogP contribution in [0, 0.1) is 0 Å². The number of aromatic hydroxyl groups is 1. The molecule has 0 bridgehead atoms. The zero-order valence-electron chi connectivity index (χ0n) is 9.88. The quantitative estimate of drug-likeness (QED) is 0.708. The van der Waals surface area contributed by atoms with E-state index in [0.717, 1.165) is 19.5 Å². The van der Waals surface area contributed by atoms with Crippen LogP contribution in [-0.2, 0) is 0 Å². The molecule has 1 aliphatic heterocycles. The first-order chi connectivity index (χ1) is 8.20. The zero-order chi connectivity index (χ0) is 12.1. The summed E-state index contributed by atoms with van der Waals surface area (Å²) < 4.78 is 14.5. The summed E-state index contributed by atoms with van der Waals surface area (Å²) in [7, 11) is 0. The van der Waals surface area contributed by atoms with Gasteiger partial charge in [0.05, 0.1) is 5.69 Å². The first-order valence-corrected chi connectivity index (χ1v) is 6.11. The van der Waals surface area contributed by atoms with E-state index in [1.165, 1.54) is 0 Å². The zero-order valence-corrected chi connectivity index (χ0v) is 9.88. The van der Waals surface area contributed by atoms with Crippen LogP contribution in [0.1, 0.15) is 19.3 Å². The van der Waals surface area contributed by atoms with E-state index >= 15 is 0 Å². The number of nitrogens with one attached hydrogen (secondary N) is 2. The first-order valence-electron chi connectivity index (χ1n) is 6.11. The Morgan fingerprint density at radius 2 is 2.12 bits per heavy atom. The van der Waals surface area contributed by atoms with Crippen molar-refractivity contribution in [2.24, 2.45) is 0 Å². The lowest BCUT2D eigenvalue weighted by Gasteiger charge is -2.24. The minimum atomic E-state index is -1.17. The second kappa shape index (κ2) is 5.36. The van der Waals surface area contributed by atoms with Crippen LogP contribution in [0.2, 0.25) is 0 Å². The van der Waals surface area contributed by atoms with Crippen LogP contribution in [0.25, 0.3) is 0 Å². The van der Waals surface area contributed by atoms with Gasteiger partial charge in [-0.1, -0.05) is 12.1 Å². The van der Waals surface area contributed by atoms with Gasteiger partial charge in [-0.05, 0) is 44.5 Å². The second-order valence-corrected chi connectivity index (χ2v) is 4.63. The van der Waals surface area contributed by atoms with Gasteiger partial charge in [-0.2, -0.15) is 0 Å². The lowest BCUT2D eigenvalue weighted by Crippen LogP contribution is -2.33. The third kappa shape index (κ3) is 3.33. The van der Waals surface area contributed by atoms with Crippen LogP contribution in [0.4, 0.5) is 10.1 Å². The fraction of sp³-hybridized carbons (Fsp3) is 0.538. The standard InChI is InChI=1S/C13H19FN2O/c14-13(6-3-8-15-9-7-13)10-16-11-4-1-2-5-12(11)17/h1-2,4-5,15-17H,3,6-10H2. The molecular formula is C13H19FN2O. The minimum absolute atomic E-state index is 0.169. The van der Waals surface area contributed by atoms with Crippen LogP contribution in [-0.4, -0.2) is 30.4 Å². The molecule has 0 aliphatic carbocycles. The summed E-state index contributed by atoms with van der Waals surface area (Å²) in [6.07, 6.45) is 1.95. The third-order valence-electron chi connectivity index (χ3n) is 3.23. The first kappa shape index (κ1) is 12.2. The Morgan fingerprint density at radius 1 is 1.29 bits per heavy atom. The highest BCUT2D eigenvalue weighted by atomic mass is 19.1. The number of benzene rings is 1. The molecule has 1 unspecified atom stereocenters. The van der Waals surface area contributed by atoms with E-state index in [9.17, 15) is 9.50 Å². The van der Waals surface area contributed by atoms with Crippen molar-refractivity contribution in [2.75, 3.05) is 25.0 Å². The molecular weight excluding hydrogens is 219 g/mol. The average Bonchev–Trinajstić information content (AvgIpc) is 2.54. The second-order valence-electron chi connectivity index (χ2n) is 4.63. The van der Waals surface area contributed by atoms with Gasteiger partial charge in [0, 0.05) is 6.54 Å². The van der Waals surface area contributed by atoms with Gasteiger partial charge in [0.15, 0.2) is 0 Å². The SMILES string of the molecule is Oc1ccccc1NCC1(F)CCCNCC1. The number of para-hydroxylation sites is 2. The van der Waals surface area contributed by atoms with Crippen LogP contribution in [0.15, 0.2) is 24.3 Å². The van der Waals surface area contributed by atoms with Crippen molar-refractivity contribution in [3.05, 3.63) is 24.3 Å². The van der Waals surface area contributed by atoms with Crippen LogP contribution in [0.3, 0.4) is 0 Å². The van der Waals surface area contributed by atoms with Crippen molar-refractivity contribution < 1.29 is 9.50 Å². The van der Waals surface area contributed by atoms with Crippen molar-refractivity contribution in [1.29, 1.82) is 0 Å². The highest BCUT2D eigenvalue weighted by molar-refractivity contribution is 5.55. The minimum Gasteiger partial charge on any atom is -0.506 e. The molecule has 4 heteroatoms. The van der Waals surface area contributed by atoms with Gasteiger partial charge in [-0.3, -0.25) is 0 Å². The van der Waals surface area contributed by atoms with Crippen molar-refractivity contribution in [3.8, 4) is 5.75 Å². The number of hydrogen-bond donors (Lipinski definition) is 3. The fourth-order valence-electron chi connectivity index (χ4n) is 2.15. The molecule has 3 nitrogen and oxygen atoms in total. The highest BCUT2D eigenvalue weighted by Gasteiger charge is 2.30. The van der Waals surface area contributed by atoms with Crippen LogP contribution < -0.4 is 10.6 Å². The summed E-state index contributed by atoms with van der Waals surface area (Å²) in [6, 6.07) is 6.93. The molecule has 1 heterocycles. The van der Waals surface area contributed by atoms with E-state index in [0.29, 0.717) is 18.5 Å². The van der Waals surface area contributed by atoms with Crippen LogP contribution in [0.5, 0.6) is 5.75 Å². The van der Waals surface area contributed by atoms with E-state index < -0.39 is 5.67 Å². The largest absolute Gasteiger partial charge is 0.506 e. The maximum absolute atomic E-state index is 14.5. The molecule has 1 aromatic rings. The predicted octanol–water partition coefficient (Wildman–Crippen LogP) is 2.29. The lowest BCUT2D eigenvalue weighted by atomic mass is 9.97. The molecule has 1 aliphatic rings. The van der Waals surface area contributed by atoms with Gasteiger partial charge in [0.2, 0.25) is 0 Å².